The highest BCUT2D eigenvalue weighted by molar-refractivity contribution is 7.11. The van der Waals surface area contributed by atoms with Gasteiger partial charge >= 0.3 is 6.09 Å². The highest BCUT2D eigenvalue weighted by Crippen LogP contribution is 2.15. The summed E-state index contributed by atoms with van der Waals surface area (Å²) in [7, 11) is 0. The highest BCUT2D eigenvalue weighted by Gasteiger charge is 2.25. The number of nitrogens with zero attached hydrogens (tertiary/aromatic N) is 2. The Hall–Kier alpha value is -1.63. The number of aryl methyl sites for hydroxylation is 1. The summed E-state index contributed by atoms with van der Waals surface area (Å²) in [5.41, 5.74) is 2.43. The molecule has 2 amide bonds. The molecule has 1 aliphatic heterocycles. The molecule has 0 saturated carbocycles. The minimum atomic E-state index is -0.268. The number of aromatic nitrogens is 1. The van der Waals surface area contributed by atoms with Gasteiger partial charge < -0.3 is 15.0 Å². The summed E-state index contributed by atoms with van der Waals surface area (Å²) in [5, 5.41) is 3.01. The van der Waals surface area contributed by atoms with Crippen LogP contribution in [0, 0.1) is 6.92 Å². The fourth-order valence-corrected chi connectivity index (χ4v) is 2.90. The van der Waals surface area contributed by atoms with Crippen molar-refractivity contribution in [2.75, 3.05) is 19.7 Å². The zero-order chi connectivity index (χ0) is 14.5. The molecule has 2 heterocycles. The molecule has 110 valence electrons. The van der Waals surface area contributed by atoms with Crippen molar-refractivity contribution in [2.45, 2.75) is 32.7 Å². The molecule has 0 aliphatic carbocycles. The van der Waals surface area contributed by atoms with E-state index in [0.717, 1.165) is 18.5 Å². The number of carbonyl (C=O) groups is 2. The van der Waals surface area contributed by atoms with E-state index in [1.165, 1.54) is 11.3 Å². The van der Waals surface area contributed by atoms with E-state index in [-0.39, 0.29) is 18.0 Å². The van der Waals surface area contributed by atoms with Gasteiger partial charge in [-0.15, -0.1) is 11.3 Å². The van der Waals surface area contributed by atoms with E-state index < -0.39 is 0 Å². The average Bonchev–Trinajstić information content (AvgIpc) is 2.86. The molecule has 2 rings (SSSR count). The molecule has 0 unspecified atom stereocenters. The van der Waals surface area contributed by atoms with Crippen molar-refractivity contribution in [3.63, 3.8) is 0 Å². The van der Waals surface area contributed by atoms with Crippen molar-refractivity contribution in [1.82, 2.24) is 15.2 Å². The van der Waals surface area contributed by atoms with Gasteiger partial charge in [0.15, 0.2) is 0 Å². The molecule has 0 aromatic carbocycles. The minimum absolute atomic E-state index is 0.0698. The summed E-state index contributed by atoms with van der Waals surface area (Å²) in [6.45, 7) is 5.24. The molecular formula is C13H19N3O3S. The SMILES string of the molecule is CCOC(=O)N1CCC(NC(=O)c2scnc2C)CC1. The Balaban J connectivity index is 1.81. The summed E-state index contributed by atoms with van der Waals surface area (Å²) in [5.74, 6) is -0.0698. The van der Waals surface area contributed by atoms with Gasteiger partial charge in [0.05, 0.1) is 17.8 Å². The molecule has 0 radical (unpaired) electrons. The maximum absolute atomic E-state index is 12.1. The van der Waals surface area contributed by atoms with Crippen LogP contribution in [-0.4, -0.2) is 47.6 Å². The summed E-state index contributed by atoms with van der Waals surface area (Å²) in [6, 6.07) is 0.106. The number of rotatable bonds is 3. The van der Waals surface area contributed by atoms with Crippen molar-refractivity contribution in [3.8, 4) is 0 Å². The number of nitrogens with one attached hydrogen (secondary N) is 1. The molecule has 7 heteroatoms. The first-order chi connectivity index (χ1) is 9.61. The van der Waals surface area contributed by atoms with Crippen LogP contribution in [0.4, 0.5) is 4.79 Å². The summed E-state index contributed by atoms with van der Waals surface area (Å²) in [6.07, 6.45) is 1.24. The van der Waals surface area contributed by atoms with Gasteiger partial charge in [0, 0.05) is 19.1 Å². The first-order valence-electron chi connectivity index (χ1n) is 6.74. The lowest BCUT2D eigenvalue weighted by Gasteiger charge is -2.31. The molecule has 1 aromatic heterocycles. The predicted octanol–water partition coefficient (Wildman–Crippen LogP) is 1.80. The molecule has 1 fully saturated rings. The van der Waals surface area contributed by atoms with Crippen molar-refractivity contribution in [2.24, 2.45) is 0 Å². The Morgan fingerprint density at radius 3 is 2.75 bits per heavy atom. The number of piperidine rings is 1. The van der Waals surface area contributed by atoms with E-state index >= 15 is 0 Å². The normalized spacial score (nSPS) is 16.0. The third kappa shape index (κ3) is 3.47. The largest absolute Gasteiger partial charge is 0.450 e. The number of amides is 2. The van der Waals surface area contributed by atoms with Crippen LogP contribution in [0.3, 0.4) is 0 Å². The Kier molecular flexibility index (Phi) is 4.94. The first-order valence-corrected chi connectivity index (χ1v) is 7.62. The maximum atomic E-state index is 12.1. The lowest BCUT2D eigenvalue weighted by molar-refractivity contribution is 0.0862. The second-order valence-electron chi connectivity index (χ2n) is 4.70. The van der Waals surface area contributed by atoms with E-state index in [2.05, 4.69) is 10.3 Å². The lowest BCUT2D eigenvalue weighted by Crippen LogP contribution is -2.46. The van der Waals surface area contributed by atoms with E-state index in [1.807, 2.05) is 6.92 Å². The van der Waals surface area contributed by atoms with E-state index in [4.69, 9.17) is 4.74 Å². The van der Waals surface area contributed by atoms with Crippen LogP contribution in [0.1, 0.15) is 35.1 Å². The van der Waals surface area contributed by atoms with Crippen LogP contribution in [0.15, 0.2) is 5.51 Å². The van der Waals surface area contributed by atoms with E-state index in [1.54, 1.807) is 17.3 Å². The molecule has 6 nitrogen and oxygen atoms in total. The molecule has 0 spiro atoms. The average molecular weight is 297 g/mol. The quantitative estimate of drug-likeness (QED) is 0.923. The molecule has 20 heavy (non-hydrogen) atoms. The Morgan fingerprint density at radius 2 is 2.20 bits per heavy atom. The van der Waals surface area contributed by atoms with Crippen molar-refractivity contribution in [1.29, 1.82) is 0 Å². The monoisotopic (exact) mass is 297 g/mol. The molecule has 0 atom stereocenters. The maximum Gasteiger partial charge on any atom is 0.409 e. The van der Waals surface area contributed by atoms with E-state index in [9.17, 15) is 9.59 Å². The minimum Gasteiger partial charge on any atom is -0.450 e. The summed E-state index contributed by atoms with van der Waals surface area (Å²) in [4.78, 5) is 30.1. The van der Waals surface area contributed by atoms with Crippen LogP contribution < -0.4 is 5.32 Å². The van der Waals surface area contributed by atoms with Crippen molar-refractivity contribution in [3.05, 3.63) is 16.1 Å². The second-order valence-corrected chi connectivity index (χ2v) is 5.56. The van der Waals surface area contributed by atoms with Crippen LogP contribution in [0.25, 0.3) is 0 Å². The number of ether oxygens (including phenoxy) is 1. The number of hydrogen-bond acceptors (Lipinski definition) is 5. The highest BCUT2D eigenvalue weighted by atomic mass is 32.1. The van der Waals surface area contributed by atoms with Crippen molar-refractivity contribution < 1.29 is 14.3 Å². The molecule has 0 bridgehead atoms. The van der Waals surface area contributed by atoms with Gasteiger partial charge in [0.25, 0.3) is 5.91 Å². The standard InChI is InChI=1S/C13H19N3O3S/c1-3-19-13(18)16-6-4-10(5-7-16)15-12(17)11-9(2)14-8-20-11/h8,10H,3-7H2,1-2H3,(H,15,17). The summed E-state index contributed by atoms with van der Waals surface area (Å²) >= 11 is 1.35. The molecule has 1 saturated heterocycles. The lowest BCUT2D eigenvalue weighted by atomic mass is 10.1. The van der Waals surface area contributed by atoms with Crippen LogP contribution in [0.2, 0.25) is 0 Å². The van der Waals surface area contributed by atoms with Gasteiger partial charge in [0.1, 0.15) is 4.88 Å². The fraction of sp³-hybridized carbons (Fsp3) is 0.615. The third-order valence-corrected chi connectivity index (χ3v) is 4.24. The Morgan fingerprint density at radius 1 is 1.50 bits per heavy atom. The number of likely N-dealkylation sites (tertiary alicyclic amines) is 1. The second kappa shape index (κ2) is 6.69. The van der Waals surface area contributed by atoms with Gasteiger partial charge in [-0.25, -0.2) is 9.78 Å². The number of hydrogen-bond donors (Lipinski definition) is 1. The molecule has 1 aliphatic rings. The smallest absolute Gasteiger partial charge is 0.409 e. The zero-order valence-corrected chi connectivity index (χ0v) is 12.5. The van der Waals surface area contributed by atoms with Gasteiger partial charge in [-0.3, -0.25) is 4.79 Å². The van der Waals surface area contributed by atoms with Gasteiger partial charge in [0.2, 0.25) is 0 Å². The summed E-state index contributed by atoms with van der Waals surface area (Å²) < 4.78 is 4.97. The molecule has 1 aromatic rings. The third-order valence-electron chi connectivity index (χ3n) is 3.31. The van der Waals surface area contributed by atoms with Gasteiger partial charge in [-0.05, 0) is 26.7 Å². The fourth-order valence-electron chi connectivity index (χ4n) is 2.19. The van der Waals surface area contributed by atoms with Crippen molar-refractivity contribution >= 4 is 23.3 Å². The zero-order valence-electron chi connectivity index (χ0n) is 11.7. The van der Waals surface area contributed by atoms with E-state index in [0.29, 0.717) is 24.6 Å². The number of carbonyl (C=O) groups excluding carboxylic acids is 2. The van der Waals surface area contributed by atoms with Crippen LogP contribution in [-0.2, 0) is 4.74 Å². The topological polar surface area (TPSA) is 71.5 Å². The van der Waals surface area contributed by atoms with Crippen LogP contribution in [0.5, 0.6) is 0 Å². The first kappa shape index (κ1) is 14.8. The molecule has 1 N–H and O–H groups in total. The number of thiazole rings is 1. The van der Waals surface area contributed by atoms with Gasteiger partial charge in [-0.2, -0.15) is 0 Å². The molecular weight excluding hydrogens is 278 g/mol. The predicted molar refractivity (Wildman–Crippen MR) is 75.9 cm³/mol. The Labute approximate surface area is 122 Å². The van der Waals surface area contributed by atoms with Gasteiger partial charge in [-0.1, -0.05) is 0 Å². The van der Waals surface area contributed by atoms with Crippen LogP contribution >= 0.6 is 11.3 Å². The Bertz CT molecular complexity index is 481.